The zero-order valence-corrected chi connectivity index (χ0v) is 6.29. The lowest BCUT2D eigenvalue weighted by Gasteiger charge is -1.96. The minimum Gasteiger partial charge on any atom is -0.289 e. The van der Waals surface area contributed by atoms with E-state index < -0.39 is 0 Å². The average Bonchev–Trinajstić information content (AvgIpc) is 2.30. The van der Waals surface area contributed by atoms with E-state index in [1.807, 2.05) is 31.2 Å². The first-order valence-electron chi connectivity index (χ1n) is 3.61. The van der Waals surface area contributed by atoms with Crippen LogP contribution in [0.15, 0.2) is 30.3 Å². The third-order valence-electron chi connectivity index (χ3n) is 1.96. The number of benzene rings is 1. The molecule has 0 bridgehead atoms. The van der Waals surface area contributed by atoms with Crippen LogP contribution < -0.4 is 0 Å². The largest absolute Gasteiger partial charge is 0.289 e. The Morgan fingerprint density at radius 1 is 1.09 bits per heavy atom. The number of fused-ring (bicyclic) bond motifs is 1. The Morgan fingerprint density at radius 3 is 2.36 bits per heavy atom. The molecule has 0 amide bonds. The molecule has 1 aromatic rings. The predicted octanol–water partition coefficient (Wildman–Crippen LogP) is 2.29. The van der Waals surface area contributed by atoms with E-state index in [0.29, 0.717) is 0 Å². The van der Waals surface area contributed by atoms with Crippen LogP contribution >= 0.6 is 0 Å². The lowest BCUT2D eigenvalue weighted by molar-refractivity contribution is 0.105. The second-order valence-electron chi connectivity index (χ2n) is 2.74. The van der Waals surface area contributed by atoms with Gasteiger partial charge in [-0.1, -0.05) is 24.3 Å². The van der Waals surface area contributed by atoms with E-state index in [1.165, 1.54) is 0 Å². The summed E-state index contributed by atoms with van der Waals surface area (Å²) in [5, 5.41) is 0. The van der Waals surface area contributed by atoms with Crippen molar-refractivity contribution in [3.8, 4) is 0 Å². The van der Waals surface area contributed by atoms with Gasteiger partial charge in [0.25, 0.3) is 0 Å². The van der Waals surface area contributed by atoms with Crippen LogP contribution in [0.3, 0.4) is 0 Å². The van der Waals surface area contributed by atoms with E-state index in [1.54, 1.807) is 6.08 Å². The molecule has 1 heteroatoms. The standard InChI is InChI=1S/C10H8O/c1-7-6-10(11)9-5-3-2-4-8(7)9/h2-6H,1H3. The summed E-state index contributed by atoms with van der Waals surface area (Å²) in [4.78, 5) is 11.2. The van der Waals surface area contributed by atoms with Crippen molar-refractivity contribution in [3.05, 3.63) is 41.5 Å². The first-order valence-corrected chi connectivity index (χ1v) is 3.61. The summed E-state index contributed by atoms with van der Waals surface area (Å²) in [6.45, 7) is 1.96. The summed E-state index contributed by atoms with van der Waals surface area (Å²) in [7, 11) is 0. The van der Waals surface area contributed by atoms with Gasteiger partial charge in [-0.15, -0.1) is 0 Å². The molecule has 0 radical (unpaired) electrons. The summed E-state index contributed by atoms with van der Waals surface area (Å²) in [5.41, 5.74) is 2.99. The lowest BCUT2D eigenvalue weighted by Crippen LogP contribution is -1.89. The van der Waals surface area contributed by atoms with E-state index >= 15 is 0 Å². The predicted molar refractivity (Wildman–Crippen MR) is 44.4 cm³/mol. The summed E-state index contributed by atoms with van der Waals surface area (Å²) in [6, 6.07) is 7.69. The van der Waals surface area contributed by atoms with Crippen LogP contribution in [0.4, 0.5) is 0 Å². The lowest BCUT2D eigenvalue weighted by atomic mass is 10.1. The van der Waals surface area contributed by atoms with Crippen molar-refractivity contribution in [1.82, 2.24) is 0 Å². The summed E-state index contributed by atoms with van der Waals surface area (Å²) < 4.78 is 0. The molecule has 0 atom stereocenters. The molecule has 0 unspecified atom stereocenters. The molecule has 0 N–H and O–H groups in total. The Balaban J connectivity index is 2.71. The SMILES string of the molecule is CC1=CC(=O)c2ccccc21. The average molecular weight is 144 g/mol. The Morgan fingerprint density at radius 2 is 1.73 bits per heavy atom. The molecule has 0 saturated heterocycles. The van der Waals surface area contributed by atoms with Gasteiger partial charge in [0.2, 0.25) is 0 Å². The number of hydrogen-bond donors (Lipinski definition) is 0. The summed E-state index contributed by atoms with van der Waals surface area (Å²) in [6.07, 6.45) is 1.69. The van der Waals surface area contributed by atoms with Crippen molar-refractivity contribution in [2.24, 2.45) is 0 Å². The van der Waals surface area contributed by atoms with Crippen molar-refractivity contribution >= 4 is 11.4 Å². The van der Waals surface area contributed by atoms with Gasteiger partial charge in [-0.3, -0.25) is 4.79 Å². The number of ketones is 1. The fourth-order valence-electron chi connectivity index (χ4n) is 1.39. The van der Waals surface area contributed by atoms with Crippen molar-refractivity contribution in [2.75, 3.05) is 0 Å². The first-order chi connectivity index (χ1) is 5.29. The van der Waals surface area contributed by atoms with Crippen LogP contribution in [0.2, 0.25) is 0 Å². The summed E-state index contributed by atoms with van der Waals surface area (Å²) >= 11 is 0. The molecular weight excluding hydrogens is 136 g/mol. The fraction of sp³-hybridized carbons (Fsp3) is 0.100. The molecule has 11 heavy (non-hydrogen) atoms. The van der Waals surface area contributed by atoms with Crippen LogP contribution in [0.25, 0.3) is 5.57 Å². The van der Waals surface area contributed by atoms with Gasteiger partial charge < -0.3 is 0 Å². The highest BCUT2D eigenvalue weighted by atomic mass is 16.1. The molecule has 0 heterocycles. The van der Waals surface area contributed by atoms with Gasteiger partial charge in [-0.05, 0) is 24.1 Å². The maximum atomic E-state index is 11.2. The molecule has 2 rings (SSSR count). The Kier molecular flexibility index (Phi) is 1.19. The third kappa shape index (κ3) is 0.811. The zero-order chi connectivity index (χ0) is 7.84. The van der Waals surface area contributed by atoms with Gasteiger partial charge in [0.1, 0.15) is 0 Å². The maximum Gasteiger partial charge on any atom is 0.186 e. The molecule has 1 aliphatic carbocycles. The van der Waals surface area contributed by atoms with Gasteiger partial charge >= 0.3 is 0 Å². The smallest absolute Gasteiger partial charge is 0.186 e. The van der Waals surface area contributed by atoms with Crippen molar-refractivity contribution < 1.29 is 4.79 Å². The minimum absolute atomic E-state index is 0.137. The Hall–Kier alpha value is -1.37. The zero-order valence-electron chi connectivity index (χ0n) is 6.29. The number of allylic oxidation sites excluding steroid dienone is 2. The van der Waals surface area contributed by atoms with Crippen LogP contribution in [0.1, 0.15) is 22.8 Å². The van der Waals surface area contributed by atoms with Crippen LogP contribution in [-0.2, 0) is 0 Å². The molecule has 0 saturated carbocycles. The van der Waals surface area contributed by atoms with Crippen LogP contribution in [0, 0.1) is 0 Å². The first kappa shape index (κ1) is 6.35. The monoisotopic (exact) mass is 144 g/mol. The topological polar surface area (TPSA) is 17.1 Å². The number of rotatable bonds is 0. The third-order valence-corrected chi connectivity index (χ3v) is 1.96. The molecule has 0 fully saturated rings. The number of hydrogen-bond acceptors (Lipinski definition) is 1. The molecule has 54 valence electrons. The van der Waals surface area contributed by atoms with Gasteiger partial charge in [-0.25, -0.2) is 0 Å². The number of carbonyl (C=O) groups is 1. The molecule has 0 aliphatic heterocycles. The van der Waals surface area contributed by atoms with E-state index in [-0.39, 0.29) is 5.78 Å². The highest BCUT2D eigenvalue weighted by Gasteiger charge is 2.16. The van der Waals surface area contributed by atoms with Gasteiger partial charge in [0.15, 0.2) is 5.78 Å². The Bertz CT molecular complexity index is 348. The van der Waals surface area contributed by atoms with Crippen molar-refractivity contribution in [2.45, 2.75) is 6.92 Å². The van der Waals surface area contributed by atoms with Crippen LogP contribution in [-0.4, -0.2) is 5.78 Å². The highest BCUT2D eigenvalue weighted by Crippen LogP contribution is 2.25. The Labute approximate surface area is 65.4 Å². The minimum atomic E-state index is 0.137. The van der Waals surface area contributed by atoms with Crippen molar-refractivity contribution in [3.63, 3.8) is 0 Å². The molecule has 1 nitrogen and oxygen atoms in total. The van der Waals surface area contributed by atoms with E-state index in [0.717, 1.165) is 16.7 Å². The fourth-order valence-corrected chi connectivity index (χ4v) is 1.39. The quantitative estimate of drug-likeness (QED) is 0.546. The summed E-state index contributed by atoms with van der Waals surface area (Å²) in [5.74, 6) is 0.137. The highest BCUT2D eigenvalue weighted by molar-refractivity contribution is 6.16. The normalized spacial score (nSPS) is 14.6. The van der Waals surface area contributed by atoms with Crippen LogP contribution in [0.5, 0.6) is 0 Å². The molecule has 1 aliphatic rings. The van der Waals surface area contributed by atoms with Crippen molar-refractivity contribution in [1.29, 1.82) is 0 Å². The van der Waals surface area contributed by atoms with Gasteiger partial charge in [-0.2, -0.15) is 0 Å². The van der Waals surface area contributed by atoms with E-state index in [2.05, 4.69) is 0 Å². The van der Waals surface area contributed by atoms with E-state index in [4.69, 9.17) is 0 Å². The molecule has 1 aromatic carbocycles. The second-order valence-corrected chi connectivity index (χ2v) is 2.74. The number of carbonyl (C=O) groups excluding carboxylic acids is 1. The molecule has 0 aromatic heterocycles. The molecular formula is C10H8O. The molecule has 0 spiro atoms. The van der Waals surface area contributed by atoms with Gasteiger partial charge in [0, 0.05) is 5.56 Å². The second kappa shape index (κ2) is 2.06. The van der Waals surface area contributed by atoms with E-state index in [9.17, 15) is 4.79 Å². The van der Waals surface area contributed by atoms with Gasteiger partial charge in [0.05, 0.1) is 0 Å². The maximum absolute atomic E-state index is 11.2.